The Morgan fingerprint density at radius 3 is 2.94 bits per heavy atom. The number of halogens is 1. The van der Waals surface area contributed by atoms with E-state index in [0.29, 0.717) is 6.54 Å². The molecule has 0 spiro atoms. The Bertz CT molecular complexity index is 566. The van der Waals surface area contributed by atoms with Gasteiger partial charge in [0.2, 0.25) is 0 Å². The highest BCUT2D eigenvalue weighted by molar-refractivity contribution is 9.10. The summed E-state index contributed by atoms with van der Waals surface area (Å²) in [6.07, 6.45) is 1.69. The summed E-state index contributed by atoms with van der Waals surface area (Å²) in [4.78, 5) is 10.3. The van der Waals surface area contributed by atoms with Crippen LogP contribution in [-0.4, -0.2) is 14.7 Å². The van der Waals surface area contributed by atoms with Crippen molar-refractivity contribution in [3.63, 3.8) is 0 Å². The summed E-state index contributed by atoms with van der Waals surface area (Å²) in [6.45, 7) is 2.68. The fraction of sp³-hybridized carbons (Fsp3) is 0.182. The minimum atomic E-state index is -0.399. The Morgan fingerprint density at radius 1 is 1.53 bits per heavy atom. The van der Waals surface area contributed by atoms with E-state index in [4.69, 9.17) is 0 Å². The second-order valence-electron chi connectivity index (χ2n) is 3.46. The van der Waals surface area contributed by atoms with E-state index in [9.17, 15) is 10.1 Å². The van der Waals surface area contributed by atoms with Gasteiger partial charge in [-0.2, -0.15) is 5.10 Å². The van der Waals surface area contributed by atoms with E-state index in [-0.39, 0.29) is 5.69 Å². The molecule has 6 heteroatoms. The summed E-state index contributed by atoms with van der Waals surface area (Å²) < 4.78 is 2.63. The minimum Gasteiger partial charge on any atom is -0.264 e. The van der Waals surface area contributed by atoms with Gasteiger partial charge in [0.15, 0.2) is 0 Å². The third-order valence-electron chi connectivity index (χ3n) is 2.42. The molecular weight excluding hydrogens is 286 g/mol. The fourth-order valence-electron chi connectivity index (χ4n) is 1.66. The number of nitrogens with zero attached hydrogens (tertiary/aromatic N) is 3. The lowest BCUT2D eigenvalue weighted by atomic mass is 10.1. The van der Waals surface area contributed by atoms with Gasteiger partial charge in [0, 0.05) is 24.2 Å². The van der Waals surface area contributed by atoms with E-state index < -0.39 is 4.92 Å². The van der Waals surface area contributed by atoms with Crippen molar-refractivity contribution in [2.24, 2.45) is 0 Å². The first-order valence-corrected chi connectivity index (χ1v) is 5.89. The second kappa shape index (κ2) is 4.67. The van der Waals surface area contributed by atoms with Crippen LogP contribution in [-0.2, 0) is 6.54 Å². The summed E-state index contributed by atoms with van der Waals surface area (Å²) in [6, 6.07) is 6.53. The number of non-ortho nitro benzene ring substituents is 1. The SMILES string of the molecule is CCn1ncc(Br)c1-c1cccc([N+](=O)[O-])c1. The van der Waals surface area contributed by atoms with Crippen LogP contribution in [0.5, 0.6) is 0 Å². The molecule has 0 amide bonds. The Kier molecular flexibility index (Phi) is 3.23. The van der Waals surface area contributed by atoms with Crippen LogP contribution >= 0.6 is 15.9 Å². The molecule has 0 aliphatic heterocycles. The first-order chi connectivity index (χ1) is 8.13. The highest BCUT2D eigenvalue weighted by atomic mass is 79.9. The predicted molar refractivity (Wildman–Crippen MR) is 67.7 cm³/mol. The number of rotatable bonds is 3. The van der Waals surface area contributed by atoms with Gasteiger partial charge in [-0.1, -0.05) is 12.1 Å². The molecule has 0 fully saturated rings. The van der Waals surface area contributed by atoms with Crippen LogP contribution in [0.15, 0.2) is 34.9 Å². The number of hydrogen-bond acceptors (Lipinski definition) is 3. The van der Waals surface area contributed by atoms with Crippen molar-refractivity contribution in [2.45, 2.75) is 13.5 Å². The molecule has 0 aliphatic rings. The van der Waals surface area contributed by atoms with Crippen molar-refractivity contribution in [2.75, 3.05) is 0 Å². The molecule has 2 rings (SSSR count). The van der Waals surface area contributed by atoms with Gasteiger partial charge in [-0.05, 0) is 22.9 Å². The number of nitro groups is 1. The summed E-state index contributed by atoms with van der Waals surface area (Å²) in [5.74, 6) is 0. The van der Waals surface area contributed by atoms with Crippen LogP contribution in [0.25, 0.3) is 11.3 Å². The summed E-state index contributed by atoms with van der Waals surface area (Å²) in [5, 5.41) is 14.9. The van der Waals surface area contributed by atoms with Crippen molar-refractivity contribution in [1.82, 2.24) is 9.78 Å². The Hall–Kier alpha value is -1.69. The van der Waals surface area contributed by atoms with Crippen LogP contribution in [0, 0.1) is 10.1 Å². The first kappa shape index (κ1) is 11.8. The van der Waals surface area contributed by atoms with Gasteiger partial charge in [-0.3, -0.25) is 14.8 Å². The maximum Gasteiger partial charge on any atom is 0.270 e. The van der Waals surface area contributed by atoms with E-state index >= 15 is 0 Å². The number of aryl methyl sites for hydroxylation is 1. The van der Waals surface area contributed by atoms with Gasteiger partial charge in [0.05, 0.1) is 21.3 Å². The van der Waals surface area contributed by atoms with Gasteiger partial charge < -0.3 is 0 Å². The molecule has 1 heterocycles. The zero-order valence-electron chi connectivity index (χ0n) is 9.13. The molecule has 88 valence electrons. The average Bonchev–Trinajstić information content (AvgIpc) is 2.70. The van der Waals surface area contributed by atoms with Gasteiger partial charge in [0.1, 0.15) is 0 Å². The molecule has 2 aromatic rings. The normalized spacial score (nSPS) is 10.5. The maximum atomic E-state index is 10.7. The lowest BCUT2D eigenvalue weighted by Gasteiger charge is -2.05. The monoisotopic (exact) mass is 295 g/mol. The Balaban J connectivity index is 2.56. The molecule has 0 radical (unpaired) electrons. The predicted octanol–water partition coefficient (Wildman–Crippen LogP) is 3.24. The van der Waals surface area contributed by atoms with Crippen LogP contribution < -0.4 is 0 Å². The lowest BCUT2D eigenvalue weighted by Crippen LogP contribution is -1.99. The summed E-state index contributed by atoms with van der Waals surface area (Å²) >= 11 is 3.40. The summed E-state index contributed by atoms with van der Waals surface area (Å²) in [5.41, 5.74) is 1.72. The van der Waals surface area contributed by atoms with Crippen LogP contribution in [0.1, 0.15) is 6.92 Å². The van der Waals surface area contributed by atoms with E-state index in [1.807, 2.05) is 13.0 Å². The number of benzene rings is 1. The van der Waals surface area contributed by atoms with Gasteiger partial charge >= 0.3 is 0 Å². The molecule has 17 heavy (non-hydrogen) atoms. The highest BCUT2D eigenvalue weighted by Crippen LogP contribution is 2.30. The highest BCUT2D eigenvalue weighted by Gasteiger charge is 2.13. The Morgan fingerprint density at radius 2 is 2.29 bits per heavy atom. The molecule has 1 aromatic carbocycles. The van der Waals surface area contributed by atoms with Crippen molar-refractivity contribution < 1.29 is 4.92 Å². The molecule has 0 bridgehead atoms. The van der Waals surface area contributed by atoms with Gasteiger partial charge in [-0.15, -0.1) is 0 Å². The molecule has 0 saturated carbocycles. The van der Waals surface area contributed by atoms with E-state index in [1.165, 1.54) is 6.07 Å². The average molecular weight is 296 g/mol. The largest absolute Gasteiger partial charge is 0.270 e. The lowest BCUT2D eigenvalue weighted by molar-refractivity contribution is -0.384. The molecule has 5 nitrogen and oxygen atoms in total. The molecular formula is C11H10BrN3O2. The third-order valence-corrected chi connectivity index (χ3v) is 3.01. The molecule has 0 N–H and O–H groups in total. The van der Waals surface area contributed by atoms with E-state index in [2.05, 4.69) is 21.0 Å². The number of aromatic nitrogens is 2. The maximum absolute atomic E-state index is 10.7. The quantitative estimate of drug-likeness (QED) is 0.645. The molecule has 0 atom stereocenters. The van der Waals surface area contributed by atoms with Crippen molar-refractivity contribution >= 4 is 21.6 Å². The number of nitro benzene ring substituents is 1. The van der Waals surface area contributed by atoms with Crippen molar-refractivity contribution in [1.29, 1.82) is 0 Å². The zero-order chi connectivity index (χ0) is 12.4. The van der Waals surface area contributed by atoms with Crippen LogP contribution in [0.4, 0.5) is 5.69 Å². The smallest absolute Gasteiger partial charge is 0.264 e. The molecule has 1 aromatic heterocycles. The summed E-state index contributed by atoms with van der Waals surface area (Å²) in [7, 11) is 0. The fourth-order valence-corrected chi connectivity index (χ4v) is 2.18. The van der Waals surface area contributed by atoms with Crippen molar-refractivity contribution in [3.05, 3.63) is 45.0 Å². The van der Waals surface area contributed by atoms with Crippen LogP contribution in [0.3, 0.4) is 0 Å². The van der Waals surface area contributed by atoms with Gasteiger partial charge in [-0.25, -0.2) is 0 Å². The molecule has 0 saturated heterocycles. The standard InChI is InChI=1S/C11H10BrN3O2/c1-2-14-11(10(12)7-13-14)8-4-3-5-9(6-8)15(16)17/h3-7H,2H2,1H3. The van der Waals surface area contributed by atoms with E-state index in [0.717, 1.165) is 15.7 Å². The molecule has 0 aliphatic carbocycles. The van der Waals surface area contributed by atoms with Crippen LogP contribution in [0.2, 0.25) is 0 Å². The molecule has 0 unspecified atom stereocenters. The van der Waals surface area contributed by atoms with Gasteiger partial charge in [0.25, 0.3) is 5.69 Å². The van der Waals surface area contributed by atoms with Crippen molar-refractivity contribution in [3.8, 4) is 11.3 Å². The third kappa shape index (κ3) is 2.21. The minimum absolute atomic E-state index is 0.0817. The topological polar surface area (TPSA) is 61.0 Å². The second-order valence-corrected chi connectivity index (χ2v) is 4.32. The number of hydrogen-bond donors (Lipinski definition) is 0. The van der Waals surface area contributed by atoms with E-state index in [1.54, 1.807) is 23.0 Å². The first-order valence-electron chi connectivity index (χ1n) is 5.09. The Labute approximate surface area is 106 Å². The zero-order valence-corrected chi connectivity index (χ0v) is 10.7.